The molecule has 2 heterocycles. The van der Waals surface area contributed by atoms with E-state index in [1.807, 2.05) is 6.92 Å². The highest BCUT2D eigenvalue weighted by molar-refractivity contribution is 4.86. The lowest BCUT2D eigenvalue weighted by Crippen LogP contribution is -2.30. The van der Waals surface area contributed by atoms with Crippen molar-refractivity contribution >= 4 is 0 Å². The third-order valence-electron chi connectivity index (χ3n) is 2.80. The number of nitrogens with one attached hydrogen (secondary N) is 2. The van der Waals surface area contributed by atoms with Gasteiger partial charge in [-0.05, 0) is 32.2 Å². The van der Waals surface area contributed by atoms with Gasteiger partial charge in [-0.15, -0.1) is 10.2 Å². The number of hydrogen-bond donors (Lipinski definition) is 2. The van der Waals surface area contributed by atoms with Crippen LogP contribution in [0.1, 0.15) is 31.6 Å². The SMILES string of the molecule is CC(NCC1CCOCC1)c1nn[nH]n1. The Morgan fingerprint density at radius 3 is 3.00 bits per heavy atom. The number of rotatable bonds is 4. The van der Waals surface area contributed by atoms with Crippen LogP contribution in [0.3, 0.4) is 0 Å². The summed E-state index contributed by atoms with van der Waals surface area (Å²) in [4.78, 5) is 0. The summed E-state index contributed by atoms with van der Waals surface area (Å²) in [5, 5.41) is 17.3. The maximum Gasteiger partial charge on any atom is 0.191 e. The molecular weight excluding hydrogens is 194 g/mol. The monoisotopic (exact) mass is 211 g/mol. The number of H-pyrrole nitrogens is 1. The van der Waals surface area contributed by atoms with Crippen molar-refractivity contribution in [2.45, 2.75) is 25.8 Å². The second kappa shape index (κ2) is 5.18. The van der Waals surface area contributed by atoms with Crippen LogP contribution in [0.25, 0.3) is 0 Å². The number of nitrogens with zero attached hydrogens (tertiary/aromatic N) is 3. The Balaban J connectivity index is 1.73. The van der Waals surface area contributed by atoms with Crippen molar-refractivity contribution in [3.8, 4) is 0 Å². The van der Waals surface area contributed by atoms with E-state index in [1.165, 1.54) is 0 Å². The van der Waals surface area contributed by atoms with Gasteiger partial charge < -0.3 is 10.1 Å². The first-order valence-corrected chi connectivity index (χ1v) is 5.40. The zero-order chi connectivity index (χ0) is 10.5. The van der Waals surface area contributed by atoms with Crippen LogP contribution in [0.15, 0.2) is 0 Å². The van der Waals surface area contributed by atoms with E-state index >= 15 is 0 Å². The second-order valence-corrected chi connectivity index (χ2v) is 3.96. The van der Waals surface area contributed by atoms with Crippen LogP contribution in [0.4, 0.5) is 0 Å². The molecule has 0 aliphatic carbocycles. The molecule has 0 radical (unpaired) electrons. The molecular formula is C9H17N5O. The summed E-state index contributed by atoms with van der Waals surface area (Å²) in [6.07, 6.45) is 2.29. The molecule has 0 saturated carbocycles. The summed E-state index contributed by atoms with van der Waals surface area (Å²) in [7, 11) is 0. The molecule has 0 aromatic carbocycles. The van der Waals surface area contributed by atoms with Crippen LogP contribution >= 0.6 is 0 Å². The fourth-order valence-electron chi connectivity index (χ4n) is 1.74. The van der Waals surface area contributed by atoms with Gasteiger partial charge >= 0.3 is 0 Å². The van der Waals surface area contributed by atoms with Crippen molar-refractivity contribution < 1.29 is 4.74 Å². The van der Waals surface area contributed by atoms with Gasteiger partial charge in [-0.3, -0.25) is 0 Å². The lowest BCUT2D eigenvalue weighted by Gasteiger charge is -2.23. The smallest absolute Gasteiger partial charge is 0.191 e. The summed E-state index contributed by atoms with van der Waals surface area (Å²) in [5.74, 6) is 1.44. The van der Waals surface area contributed by atoms with Gasteiger partial charge in [-0.2, -0.15) is 5.21 Å². The van der Waals surface area contributed by atoms with E-state index in [2.05, 4.69) is 25.9 Å². The number of tetrazole rings is 1. The van der Waals surface area contributed by atoms with Crippen LogP contribution < -0.4 is 5.32 Å². The molecule has 0 amide bonds. The minimum Gasteiger partial charge on any atom is -0.381 e. The van der Waals surface area contributed by atoms with Crippen molar-refractivity contribution in [1.29, 1.82) is 0 Å². The Labute approximate surface area is 88.8 Å². The first-order valence-electron chi connectivity index (χ1n) is 5.40. The van der Waals surface area contributed by atoms with E-state index in [1.54, 1.807) is 0 Å². The lowest BCUT2D eigenvalue weighted by molar-refractivity contribution is 0.0655. The zero-order valence-electron chi connectivity index (χ0n) is 8.94. The van der Waals surface area contributed by atoms with Gasteiger partial charge in [0.25, 0.3) is 0 Å². The van der Waals surface area contributed by atoms with Crippen molar-refractivity contribution in [3.05, 3.63) is 5.82 Å². The third-order valence-corrected chi connectivity index (χ3v) is 2.80. The Bertz CT molecular complexity index is 270. The molecule has 2 N–H and O–H groups in total. The summed E-state index contributed by atoms with van der Waals surface area (Å²) < 4.78 is 5.31. The highest BCUT2D eigenvalue weighted by Crippen LogP contribution is 2.14. The average Bonchev–Trinajstić information content (AvgIpc) is 2.81. The quantitative estimate of drug-likeness (QED) is 0.748. The third kappa shape index (κ3) is 2.97. The van der Waals surface area contributed by atoms with Crippen LogP contribution in [0.5, 0.6) is 0 Å². The number of ether oxygens (including phenoxy) is 1. The van der Waals surface area contributed by atoms with Gasteiger partial charge in [0.05, 0.1) is 6.04 Å². The van der Waals surface area contributed by atoms with Crippen molar-refractivity contribution in [2.24, 2.45) is 5.92 Å². The first kappa shape index (κ1) is 10.5. The highest BCUT2D eigenvalue weighted by atomic mass is 16.5. The summed E-state index contributed by atoms with van der Waals surface area (Å²) in [6.45, 7) is 4.83. The maximum atomic E-state index is 5.31. The Morgan fingerprint density at radius 2 is 2.33 bits per heavy atom. The number of aromatic nitrogens is 4. The molecule has 84 valence electrons. The Kier molecular flexibility index (Phi) is 3.63. The summed E-state index contributed by atoms with van der Waals surface area (Å²) >= 11 is 0. The summed E-state index contributed by atoms with van der Waals surface area (Å²) in [6, 6.07) is 0.159. The highest BCUT2D eigenvalue weighted by Gasteiger charge is 2.16. The van der Waals surface area contributed by atoms with Crippen molar-refractivity contribution in [3.63, 3.8) is 0 Å². The van der Waals surface area contributed by atoms with Gasteiger partial charge in [0.15, 0.2) is 5.82 Å². The van der Waals surface area contributed by atoms with Crippen molar-refractivity contribution in [2.75, 3.05) is 19.8 Å². The molecule has 0 spiro atoms. The second-order valence-electron chi connectivity index (χ2n) is 3.96. The van der Waals surface area contributed by atoms with Gasteiger partial charge in [0, 0.05) is 13.2 Å². The molecule has 1 saturated heterocycles. The van der Waals surface area contributed by atoms with E-state index in [0.29, 0.717) is 5.92 Å². The molecule has 1 aromatic heterocycles. The van der Waals surface area contributed by atoms with Gasteiger partial charge in [-0.1, -0.05) is 5.21 Å². The molecule has 15 heavy (non-hydrogen) atoms. The molecule has 2 rings (SSSR count). The van der Waals surface area contributed by atoms with Gasteiger partial charge in [0.1, 0.15) is 0 Å². The fraction of sp³-hybridized carbons (Fsp3) is 0.889. The number of hydrogen-bond acceptors (Lipinski definition) is 5. The molecule has 6 nitrogen and oxygen atoms in total. The van der Waals surface area contributed by atoms with Crippen LogP contribution in [-0.2, 0) is 4.74 Å². The van der Waals surface area contributed by atoms with E-state index in [9.17, 15) is 0 Å². The Morgan fingerprint density at radius 1 is 1.53 bits per heavy atom. The molecule has 1 aliphatic heterocycles. The number of aromatic amines is 1. The fourth-order valence-corrected chi connectivity index (χ4v) is 1.74. The molecule has 1 aliphatic rings. The predicted octanol–water partition coefficient (Wildman–Crippen LogP) is 0.277. The normalized spacial score (nSPS) is 20.3. The first-order chi connectivity index (χ1) is 7.36. The minimum atomic E-state index is 0.159. The Hall–Kier alpha value is -1.01. The largest absolute Gasteiger partial charge is 0.381 e. The zero-order valence-corrected chi connectivity index (χ0v) is 8.94. The molecule has 0 bridgehead atoms. The predicted molar refractivity (Wildman–Crippen MR) is 54.1 cm³/mol. The summed E-state index contributed by atoms with van der Waals surface area (Å²) in [5.41, 5.74) is 0. The van der Waals surface area contributed by atoms with Crippen molar-refractivity contribution in [1.82, 2.24) is 25.9 Å². The topological polar surface area (TPSA) is 75.7 Å². The average molecular weight is 211 g/mol. The maximum absolute atomic E-state index is 5.31. The van der Waals surface area contributed by atoms with Gasteiger partial charge in [0.2, 0.25) is 0 Å². The van der Waals surface area contributed by atoms with Crippen LogP contribution in [-0.4, -0.2) is 40.4 Å². The van der Waals surface area contributed by atoms with E-state index in [-0.39, 0.29) is 6.04 Å². The van der Waals surface area contributed by atoms with Crippen LogP contribution in [0, 0.1) is 5.92 Å². The van der Waals surface area contributed by atoms with E-state index in [4.69, 9.17) is 4.74 Å². The molecule has 1 fully saturated rings. The van der Waals surface area contributed by atoms with E-state index in [0.717, 1.165) is 38.4 Å². The lowest BCUT2D eigenvalue weighted by atomic mass is 10.0. The molecule has 6 heteroatoms. The molecule has 1 aromatic rings. The molecule has 1 unspecified atom stereocenters. The minimum absolute atomic E-state index is 0.159. The van der Waals surface area contributed by atoms with Crippen LogP contribution in [0.2, 0.25) is 0 Å². The standard InChI is InChI=1S/C9H17N5O/c1-7(9-11-13-14-12-9)10-6-8-2-4-15-5-3-8/h7-8,10H,2-6H2,1H3,(H,11,12,13,14). The molecule has 1 atom stereocenters. The van der Waals surface area contributed by atoms with Gasteiger partial charge in [-0.25, -0.2) is 0 Å². The van der Waals surface area contributed by atoms with E-state index < -0.39 is 0 Å².